The van der Waals surface area contributed by atoms with Crippen molar-refractivity contribution in [1.29, 1.82) is 0 Å². The number of fused-ring (bicyclic) bond motifs is 1. The van der Waals surface area contributed by atoms with Crippen LogP contribution in [0.4, 0.5) is 11.8 Å². The zero-order chi connectivity index (χ0) is 34.7. The fraction of sp³-hybridized carbons (Fsp3) is 0.741. The van der Waals surface area contributed by atoms with Crippen molar-refractivity contribution in [3.8, 4) is 0 Å². The summed E-state index contributed by atoms with van der Waals surface area (Å²) in [6, 6.07) is 0. The van der Waals surface area contributed by atoms with Gasteiger partial charge in [-0.15, -0.1) is 0 Å². The van der Waals surface area contributed by atoms with Gasteiger partial charge in [0.05, 0.1) is 26.1 Å². The van der Waals surface area contributed by atoms with Crippen LogP contribution in [0.5, 0.6) is 0 Å². The molecule has 2 unspecified atom stereocenters. The fourth-order valence-electron chi connectivity index (χ4n) is 4.08. The molecule has 16 nitrogen and oxygen atoms in total. The van der Waals surface area contributed by atoms with Gasteiger partial charge in [-0.2, -0.15) is 9.97 Å². The predicted molar refractivity (Wildman–Crippen MR) is 177 cm³/mol. The Morgan fingerprint density at radius 2 is 1.65 bits per heavy atom. The van der Waals surface area contributed by atoms with Gasteiger partial charge in [0.15, 0.2) is 33.4 Å². The van der Waals surface area contributed by atoms with Gasteiger partial charge >= 0.3 is 7.82 Å². The minimum atomic E-state index is -4.28. The van der Waals surface area contributed by atoms with Crippen LogP contribution in [-0.4, -0.2) is 103 Å². The molecule has 1 saturated heterocycles. The van der Waals surface area contributed by atoms with E-state index in [-0.39, 0.29) is 46.5 Å². The summed E-state index contributed by atoms with van der Waals surface area (Å²) in [5, 5.41) is 23.9. The number of imidazole rings is 1. The molecule has 0 aromatic carbocycles. The molecule has 1 aliphatic rings. The van der Waals surface area contributed by atoms with Crippen molar-refractivity contribution in [3.05, 3.63) is 6.33 Å². The molecular weight excluding hydrogens is 661 g/mol. The van der Waals surface area contributed by atoms with Crippen LogP contribution in [0, 0.1) is 10.8 Å². The largest absolute Gasteiger partial charge is 0.474 e. The van der Waals surface area contributed by atoms with Crippen LogP contribution in [0.1, 0.15) is 54.7 Å². The number of carbonyl (C=O) groups is 2. The minimum absolute atomic E-state index is 0.0515. The van der Waals surface area contributed by atoms with Crippen LogP contribution in [0.2, 0.25) is 0 Å². The van der Waals surface area contributed by atoms with Crippen LogP contribution in [0.3, 0.4) is 0 Å². The van der Waals surface area contributed by atoms with Gasteiger partial charge in [-0.1, -0.05) is 65.1 Å². The number of carbonyl (C=O) groups excluding carboxylic acids is 2. The highest BCUT2D eigenvalue weighted by atomic mass is 32.2. The first-order valence-corrected chi connectivity index (χ1v) is 18.0. The van der Waals surface area contributed by atoms with Crippen LogP contribution >= 0.6 is 31.3 Å². The second kappa shape index (κ2) is 15.1. The number of hydrogen-bond donors (Lipinski definition) is 4. The van der Waals surface area contributed by atoms with Gasteiger partial charge in [-0.25, -0.2) is 15.0 Å². The van der Waals surface area contributed by atoms with Gasteiger partial charge in [0, 0.05) is 36.4 Å². The maximum absolute atomic E-state index is 13.7. The van der Waals surface area contributed by atoms with Gasteiger partial charge in [-0.3, -0.25) is 32.7 Å². The van der Waals surface area contributed by atoms with Crippen molar-refractivity contribution in [2.45, 2.75) is 72.5 Å². The van der Waals surface area contributed by atoms with E-state index in [0.29, 0.717) is 11.3 Å². The van der Waals surface area contributed by atoms with E-state index in [1.54, 1.807) is 60.6 Å². The van der Waals surface area contributed by atoms with Crippen molar-refractivity contribution >= 4 is 64.5 Å². The van der Waals surface area contributed by atoms with Crippen molar-refractivity contribution in [2.24, 2.45) is 10.8 Å². The van der Waals surface area contributed by atoms with Crippen molar-refractivity contribution in [3.63, 3.8) is 0 Å². The third-order valence-electron chi connectivity index (χ3n) is 6.83. The molecule has 0 radical (unpaired) electrons. The zero-order valence-electron chi connectivity index (χ0n) is 27.7. The van der Waals surface area contributed by atoms with E-state index < -0.39 is 49.3 Å². The number of phosphoric acid groups is 1. The van der Waals surface area contributed by atoms with E-state index in [9.17, 15) is 24.4 Å². The first kappa shape index (κ1) is 38.6. The average molecular weight is 708 g/mol. The Hall–Kier alpha value is -1.86. The van der Waals surface area contributed by atoms with E-state index >= 15 is 0 Å². The molecule has 0 aliphatic carbocycles. The number of phosphoric ester groups is 1. The molecule has 2 aromatic heterocycles. The third-order valence-corrected chi connectivity index (χ3v) is 10.8. The number of aliphatic hydroxyl groups is 2. The van der Waals surface area contributed by atoms with Gasteiger partial charge in [0.1, 0.15) is 17.8 Å². The Bertz CT molecular complexity index is 1390. The van der Waals surface area contributed by atoms with E-state index in [4.69, 9.17) is 24.0 Å². The number of aliphatic hydroxyl groups excluding tert-OH is 1. The summed E-state index contributed by atoms with van der Waals surface area (Å²) in [6.07, 6.45) is -2.53. The summed E-state index contributed by atoms with van der Waals surface area (Å²) in [4.78, 5) is 37.4. The van der Waals surface area contributed by atoms with Crippen molar-refractivity contribution in [1.82, 2.24) is 24.9 Å². The lowest BCUT2D eigenvalue weighted by Crippen LogP contribution is -2.44. The SMILES string of the molecule is CNN(C)c1nc(N)nc2c1ncn2C1OC(COP(=O)(OCCSC(=O)C(C)(C)C)OCCSC(=O)C(C)(C)C)[C@@H](O)[C@@]1(C)O. The van der Waals surface area contributed by atoms with Crippen LogP contribution < -0.4 is 16.2 Å². The molecule has 19 heteroatoms. The molecule has 1 aliphatic heterocycles. The minimum Gasteiger partial charge on any atom is -0.387 e. The number of hydrazine groups is 1. The lowest BCUT2D eigenvalue weighted by molar-refractivity contribution is -0.118. The summed E-state index contributed by atoms with van der Waals surface area (Å²) in [7, 11) is -0.878. The highest BCUT2D eigenvalue weighted by molar-refractivity contribution is 8.14. The standard InChI is InChI=1S/C27H46N7O9PS2/c1-25(2,3)22(36)45-12-10-40-44(39,41-11-13-46-23(37)26(4,5)6)42-14-16-18(35)27(7,38)21(43-16)34-15-30-17-19(33(9)29-8)31-24(28)32-20(17)34/h15-16,18,21,29,35,38H,10-14H2,1-9H3,(H2,28,31,32)/t16?,18-,21?,27-/m1/s1. The molecule has 2 aromatic rings. The molecule has 0 bridgehead atoms. The molecule has 0 amide bonds. The number of nitrogens with two attached hydrogens (primary N) is 1. The molecule has 5 N–H and O–H groups in total. The van der Waals surface area contributed by atoms with E-state index in [1.807, 2.05) is 0 Å². The highest BCUT2D eigenvalue weighted by Crippen LogP contribution is 2.51. The van der Waals surface area contributed by atoms with E-state index in [2.05, 4.69) is 20.4 Å². The number of ether oxygens (including phenoxy) is 1. The fourth-order valence-corrected chi connectivity index (χ4v) is 7.08. The Morgan fingerprint density at radius 1 is 1.11 bits per heavy atom. The smallest absolute Gasteiger partial charge is 0.387 e. The number of nitrogens with one attached hydrogen (secondary N) is 1. The lowest BCUT2D eigenvalue weighted by Gasteiger charge is -2.27. The highest BCUT2D eigenvalue weighted by Gasteiger charge is 2.54. The second-order valence-corrected chi connectivity index (χ2v) is 16.7. The first-order valence-electron chi connectivity index (χ1n) is 14.6. The summed E-state index contributed by atoms with van der Waals surface area (Å²) < 4.78 is 37.8. The topological polar surface area (TPSA) is 213 Å². The van der Waals surface area contributed by atoms with Gasteiger partial charge < -0.3 is 20.7 Å². The van der Waals surface area contributed by atoms with Crippen LogP contribution in [0.15, 0.2) is 6.33 Å². The molecular formula is C27H46N7O9PS2. The number of aromatic nitrogens is 4. The number of nitrogens with zero attached hydrogens (tertiary/aromatic N) is 5. The van der Waals surface area contributed by atoms with Gasteiger partial charge in [0.25, 0.3) is 0 Å². The number of thioether (sulfide) groups is 2. The van der Waals surface area contributed by atoms with E-state index in [1.165, 1.54) is 17.8 Å². The molecule has 4 atom stereocenters. The molecule has 1 fully saturated rings. The van der Waals surface area contributed by atoms with Crippen molar-refractivity contribution in [2.75, 3.05) is 56.2 Å². The molecule has 3 rings (SSSR count). The number of nitrogen functional groups attached to an aromatic ring is 1. The maximum atomic E-state index is 13.7. The van der Waals surface area contributed by atoms with Gasteiger partial charge in [-0.05, 0) is 6.92 Å². The predicted octanol–water partition coefficient (Wildman–Crippen LogP) is 2.76. The Kier molecular flexibility index (Phi) is 12.7. The first-order chi connectivity index (χ1) is 21.2. The second-order valence-electron chi connectivity index (χ2n) is 12.9. The molecule has 260 valence electrons. The summed E-state index contributed by atoms with van der Waals surface area (Å²) >= 11 is 2.06. The molecule has 46 heavy (non-hydrogen) atoms. The molecule has 3 heterocycles. The molecule has 0 saturated carbocycles. The Balaban J connectivity index is 1.75. The number of anilines is 2. The lowest BCUT2D eigenvalue weighted by atomic mass is 9.96. The monoisotopic (exact) mass is 707 g/mol. The number of rotatable bonds is 14. The zero-order valence-corrected chi connectivity index (χ0v) is 30.2. The summed E-state index contributed by atoms with van der Waals surface area (Å²) in [6.45, 7) is 11.3. The summed E-state index contributed by atoms with van der Waals surface area (Å²) in [5.41, 5.74) is 6.45. The molecule has 0 spiro atoms. The Labute approximate surface area is 277 Å². The third kappa shape index (κ3) is 9.39. The van der Waals surface area contributed by atoms with Crippen LogP contribution in [-0.2, 0) is 32.5 Å². The number of hydrogen-bond acceptors (Lipinski definition) is 17. The summed E-state index contributed by atoms with van der Waals surface area (Å²) in [5.74, 6) is 0.700. The van der Waals surface area contributed by atoms with E-state index in [0.717, 1.165) is 23.5 Å². The van der Waals surface area contributed by atoms with Crippen LogP contribution in [0.25, 0.3) is 11.2 Å². The average Bonchev–Trinajstić information content (AvgIpc) is 3.47. The quantitative estimate of drug-likeness (QED) is 0.126. The Morgan fingerprint density at radius 3 is 2.15 bits per heavy atom. The van der Waals surface area contributed by atoms with Crippen molar-refractivity contribution < 1.29 is 42.7 Å². The normalized spacial score (nSPS) is 22.5. The van der Waals surface area contributed by atoms with Gasteiger partial charge in [0.2, 0.25) is 5.95 Å². The maximum Gasteiger partial charge on any atom is 0.474 e.